The number of benzene rings is 1. The van der Waals surface area contributed by atoms with E-state index in [0.29, 0.717) is 17.7 Å². The third-order valence-electron chi connectivity index (χ3n) is 3.77. The predicted molar refractivity (Wildman–Crippen MR) is 87.1 cm³/mol. The molecule has 1 aromatic rings. The molecule has 3 rings (SSSR count). The summed E-state index contributed by atoms with van der Waals surface area (Å²) >= 11 is 3.55. The van der Waals surface area contributed by atoms with Crippen molar-refractivity contribution in [2.24, 2.45) is 0 Å². The predicted octanol–water partition coefficient (Wildman–Crippen LogP) is 2.74. The quantitative estimate of drug-likeness (QED) is 0.813. The van der Waals surface area contributed by atoms with E-state index in [4.69, 9.17) is 0 Å². The van der Waals surface area contributed by atoms with Crippen molar-refractivity contribution in [2.45, 2.75) is 12.8 Å². The lowest BCUT2D eigenvalue weighted by Crippen LogP contribution is -2.32. The van der Waals surface area contributed by atoms with Gasteiger partial charge in [0.25, 0.3) is 11.8 Å². The van der Waals surface area contributed by atoms with Crippen LogP contribution in [0.5, 0.6) is 0 Å². The fraction of sp³-hybridized carbons (Fsp3) is 0.333. The Bertz CT molecular complexity index is 572. The summed E-state index contributed by atoms with van der Waals surface area (Å²) in [6.07, 6.45) is 1.92. The molecule has 2 aliphatic heterocycles. The number of hydrogen-bond acceptors (Lipinski definition) is 3. The van der Waals surface area contributed by atoms with Crippen LogP contribution in [0.4, 0.5) is 0 Å². The SMILES string of the molecule is Cl.O=C1c2ccccc2C(=O)N1CC(Br)=C1CCNCC1. The number of hydrogen-bond donors (Lipinski definition) is 1. The van der Waals surface area contributed by atoms with Crippen molar-refractivity contribution in [3.8, 4) is 0 Å². The van der Waals surface area contributed by atoms with Gasteiger partial charge in [0, 0.05) is 4.48 Å². The number of fused-ring (bicyclic) bond motifs is 1. The van der Waals surface area contributed by atoms with Gasteiger partial charge < -0.3 is 5.32 Å². The minimum atomic E-state index is -0.197. The second kappa shape index (κ2) is 6.73. The first-order chi connectivity index (χ1) is 9.68. The fourth-order valence-corrected chi connectivity index (χ4v) is 3.28. The molecule has 6 heteroatoms. The van der Waals surface area contributed by atoms with Gasteiger partial charge in [-0.3, -0.25) is 14.5 Å². The maximum Gasteiger partial charge on any atom is 0.261 e. The second-order valence-electron chi connectivity index (χ2n) is 5.00. The Morgan fingerprint density at radius 1 is 1.10 bits per heavy atom. The smallest absolute Gasteiger partial charge is 0.261 e. The molecule has 4 nitrogen and oxygen atoms in total. The number of nitrogens with one attached hydrogen (secondary N) is 1. The van der Waals surface area contributed by atoms with E-state index < -0.39 is 0 Å². The highest BCUT2D eigenvalue weighted by atomic mass is 79.9. The Morgan fingerprint density at radius 2 is 1.62 bits per heavy atom. The zero-order valence-electron chi connectivity index (χ0n) is 11.4. The van der Waals surface area contributed by atoms with E-state index in [1.807, 2.05) is 0 Å². The first kappa shape index (κ1) is 16.2. The molecule has 0 bridgehead atoms. The summed E-state index contributed by atoms with van der Waals surface area (Å²) < 4.78 is 0.966. The molecule has 21 heavy (non-hydrogen) atoms. The Kier molecular flexibility index (Phi) is 5.19. The Labute approximate surface area is 138 Å². The molecule has 1 fully saturated rings. The first-order valence-electron chi connectivity index (χ1n) is 6.71. The van der Waals surface area contributed by atoms with Gasteiger partial charge in [0.05, 0.1) is 17.7 Å². The Hall–Kier alpha value is -1.17. The minimum absolute atomic E-state index is 0. The zero-order valence-corrected chi connectivity index (χ0v) is 13.8. The van der Waals surface area contributed by atoms with Gasteiger partial charge in [-0.05, 0) is 38.1 Å². The highest BCUT2D eigenvalue weighted by molar-refractivity contribution is 9.11. The van der Waals surface area contributed by atoms with Gasteiger partial charge >= 0.3 is 0 Å². The van der Waals surface area contributed by atoms with E-state index >= 15 is 0 Å². The van der Waals surface area contributed by atoms with Gasteiger partial charge in [0.15, 0.2) is 0 Å². The molecular formula is C15H16BrClN2O2. The van der Waals surface area contributed by atoms with E-state index in [1.54, 1.807) is 24.3 Å². The number of rotatable bonds is 2. The number of imide groups is 1. The molecule has 1 saturated heterocycles. The van der Waals surface area contributed by atoms with Crippen molar-refractivity contribution in [3.63, 3.8) is 0 Å². The normalized spacial score (nSPS) is 17.6. The van der Waals surface area contributed by atoms with Crippen molar-refractivity contribution in [1.82, 2.24) is 10.2 Å². The van der Waals surface area contributed by atoms with Gasteiger partial charge in [-0.1, -0.05) is 33.6 Å². The molecule has 0 spiro atoms. The minimum Gasteiger partial charge on any atom is -0.316 e. The molecule has 1 aromatic carbocycles. The van der Waals surface area contributed by atoms with Crippen LogP contribution in [0, 0.1) is 0 Å². The number of amides is 2. The van der Waals surface area contributed by atoms with Gasteiger partial charge in [0.2, 0.25) is 0 Å². The van der Waals surface area contributed by atoms with Crippen molar-refractivity contribution < 1.29 is 9.59 Å². The van der Waals surface area contributed by atoms with Gasteiger partial charge in [0.1, 0.15) is 0 Å². The van der Waals surface area contributed by atoms with Gasteiger partial charge in [-0.2, -0.15) is 0 Å². The number of nitrogens with zero attached hydrogens (tertiary/aromatic N) is 1. The molecule has 112 valence electrons. The number of halogens is 2. The molecule has 2 amide bonds. The average Bonchev–Trinajstić information content (AvgIpc) is 2.74. The van der Waals surface area contributed by atoms with Crippen molar-refractivity contribution >= 4 is 40.2 Å². The van der Waals surface area contributed by atoms with E-state index in [2.05, 4.69) is 21.2 Å². The molecular weight excluding hydrogens is 356 g/mol. The van der Waals surface area contributed by atoms with Gasteiger partial charge in [-0.15, -0.1) is 12.4 Å². The van der Waals surface area contributed by atoms with Crippen LogP contribution in [0.3, 0.4) is 0 Å². The summed E-state index contributed by atoms with van der Waals surface area (Å²) in [5.41, 5.74) is 2.31. The third kappa shape index (κ3) is 3.05. The molecule has 0 radical (unpaired) electrons. The number of carbonyl (C=O) groups is 2. The molecule has 0 aromatic heterocycles. The summed E-state index contributed by atoms with van der Waals surface area (Å²) in [5, 5.41) is 3.29. The standard InChI is InChI=1S/C15H15BrN2O2.ClH/c16-13(10-5-7-17-8-6-10)9-18-14(19)11-3-1-2-4-12(11)15(18)20;/h1-4,17H,5-9H2;1H. The molecule has 1 N–H and O–H groups in total. The largest absolute Gasteiger partial charge is 0.316 e. The lowest BCUT2D eigenvalue weighted by Gasteiger charge is -2.20. The summed E-state index contributed by atoms with van der Waals surface area (Å²) in [5.74, 6) is -0.394. The lowest BCUT2D eigenvalue weighted by atomic mass is 10.1. The lowest BCUT2D eigenvalue weighted by molar-refractivity contribution is 0.0670. The molecule has 0 atom stereocenters. The third-order valence-corrected chi connectivity index (χ3v) is 4.58. The molecule has 0 saturated carbocycles. The molecule has 0 aliphatic carbocycles. The van der Waals surface area contributed by atoms with Crippen LogP contribution in [-0.2, 0) is 0 Å². The molecule has 2 aliphatic rings. The van der Waals surface area contributed by atoms with Crippen LogP contribution in [0.1, 0.15) is 33.6 Å². The van der Waals surface area contributed by atoms with Crippen LogP contribution in [-0.4, -0.2) is 36.3 Å². The van der Waals surface area contributed by atoms with Crippen LogP contribution < -0.4 is 5.32 Å². The van der Waals surface area contributed by atoms with Crippen molar-refractivity contribution in [2.75, 3.05) is 19.6 Å². The highest BCUT2D eigenvalue weighted by Crippen LogP contribution is 2.27. The summed E-state index contributed by atoms with van der Waals surface area (Å²) in [7, 11) is 0. The summed E-state index contributed by atoms with van der Waals surface area (Å²) in [6, 6.07) is 6.99. The van der Waals surface area contributed by atoms with Crippen LogP contribution in [0.15, 0.2) is 34.3 Å². The molecule has 0 unspecified atom stereocenters. The zero-order chi connectivity index (χ0) is 14.1. The van der Waals surface area contributed by atoms with Gasteiger partial charge in [-0.25, -0.2) is 0 Å². The topological polar surface area (TPSA) is 49.4 Å². The molecule has 2 heterocycles. The van der Waals surface area contributed by atoms with Crippen LogP contribution >= 0.6 is 28.3 Å². The van der Waals surface area contributed by atoms with E-state index in [9.17, 15) is 9.59 Å². The van der Waals surface area contributed by atoms with E-state index in [-0.39, 0.29) is 24.2 Å². The van der Waals surface area contributed by atoms with Crippen LogP contribution in [0.2, 0.25) is 0 Å². The second-order valence-corrected chi connectivity index (χ2v) is 5.96. The number of piperidine rings is 1. The monoisotopic (exact) mass is 370 g/mol. The highest BCUT2D eigenvalue weighted by Gasteiger charge is 2.35. The summed E-state index contributed by atoms with van der Waals surface area (Å²) in [6.45, 7) is 2.24. The average molecular weight is 372 g/mol. The Balaban J connectivity index is 0.00000161. The van der Waals surface area contributed by atoms with Crippen molar-refractivity contribution in [3.05, 3.63) is 45.4 Å². The van der Waals surface area contributed by atoms with Crippen LogP contribution in [0.25, 0.3) is 0 Å². The van der Waals surface area contributed by atoms with E-state index in [1.165, 1.54) is 10.5 Å². The van der Waals surface area contributed by atoms with E-state index in [0.717, 1.165) is 30.4 Å². The fourth-order valence-electron chi connectivity index (χ4n) is 2.63. The maximum atomic E-state index is 12.3. The number of carbonyl (C=O) groups excluding carboxylic acids is 2. The maximum absolute atomic E-state index is 12.3. The van der Waals surface area contributed by atoms with Crippen molar-refractivity contribution in [1.29, 1.82) is 0 Å². The Morgan fingerprint density at radius 3 is 2.14 bits per heavy atom. The summed E-state index contributed by atoms with van der Waals surface area (Å²) in [4.78, 5) is 25.9. The first-order valence-corrected chi connectivity index (χ1v) is 7.50.